The van der Waals surface area contributed by atoms with Gasteiger partial charge in [0.05, 0.1) is 6.20 Å². The van der Waals surface area contributed by atoms with Gasteiger partial charge in [0.15, 0.2) is 0 Å². The summed E-state index contributed by atoms with van der Waals surface area (Å²) in [6.07, 6.45) is 1.64. The molecule has 0 amide bonds. The monoisotopic (exact) mass is 135 g/mol. The molecule has 1 rings (SSSR count). The Morgan fingerprint density at radius 1 is 1.70 bits per heavy atom. The van der Waals surface area contributed by atoms with E-state index in [4.69, 9.17) is 5.26 Å². The number of aromatic nitrogens is 2. The second-order valence-electron chi connectivity index (χ2n) is 2.37. The van der Waals surface area contributed by atoms with E-state index in [0.717, 1.165) is 0 Å². The van der Waals surface area contributed by atoms with Gasteiger partial charge in [-0.2, -0.15) is 10.4 Å². The van der Waals surface area contributed by atoms with E-state index in [9.17, 15) is 0 Å². The Morgan fingerprint density at radius 3 is 2.80 bits per heavy atom. The Hall–Kier alpha value is -1.30. The maximum absolute atomic E-state index is 8.55. The second-order valence-corrected chi connectivity index (χ2v) is 2.37. The summed E-state index contributed by atoms with van der Waals surface area (Å²) in [5.41, 5.74) is 0.620. The molecule has 0 fully saturated rings. The molecular formula is C7H9N3. The molecule has 1 heterocycles. The number of hydrogen-bond acceptors (Lipinski definition) is 2. The molecule has 0 saturated carbocycles. The van der Waals surface area contributed by atoms with E-state index in [-0.39, 0.29) is 6.04 Å². The molecule has 3 nitrogen and oxygen atoms in total. The summed E-state index contributed by atoms with van der Waals surface area (Å²) in [6, 6.07) is 4.03. The van der Waals surface area contributed by atoms with Crippen LogP contribution in [0, 0.1) is 11.3 Å². The Bertz CT molecular complexity index is 254. The molecule has 0 saturated heterocycles. The lowest BCUT2D eigenvalue weighted by Crippen LogP contribution is -2.04. The van der Waals surface area contributed by atoms with E-state index in [1.54, 1.807) is 16.9 Å². The Balaban J connectivity index is 3.05. The highest BCUT2D eigenvalue weighted by Crippen LogP contribution is 2.05. The lowest BCUT2D eigenvalue weighted by atomic mass is 10.4. The molecule has 0 N–H and O–H groups in total. The fraction of sp³-hybridized carbons (Fsp3) is 0.429. The van der Waals surface area contributed by atoms with Crippen LogP contribution in [0.25, 0.3) is 0 Å². The summed E-state index contributed by atoms with van der Waals surface area (Å²) in [6.45, 7) is 3.99. The van der Waals surface area contributed by atoms with Gasteiger partial charge in [-0.3, -0.25) is 4.68 Å². The molecule has 52 valence electrons. The summed E-state index contributed by atoms with van der Waals surface area (Å²) >= 11 is 0. The van der Waals surface area contributed by atoms with Crippen LogP contribution in [-0.4, -0.2) is 9.78 Å². The van der Waals surface area contributed by atoms with Gasteiger partial charge in [0.2, 0.25) is 0 Å². The second kappa shape index (κ2) is 2.53. The average Bonchev–Trinajstić information content (AvgIpc) is 2.33. The molecule has 0 atom stereocenters. The van der Waals surface area contributed by atoms with Crippen molar-refractivity contribution in [2.45, 2.75) is 19.9 Å². The predicted octanol–water partition coefficient (Wildman–Crippen LogP) is 1.34. The molecule has 10 heavy (non-hydrogen) atoms. The van der Waals surface area contributed by atoms with Gasteiger partial charge in [0, 0.05) is 6.04 Å². The third kappa shape index (κ3) is 1.01. The minimum atomic E-state index is 0.268. The molecule has 0 aliphatic rings. The molecular weight excluding hydrogens is 126 g/mol. The molecule has 0 radical (unpaired) electrons. The quantitative estimate of drug-likeness (QED) is 0.583. The molecule has 0 unspecified atom stereocenters. The predicted molar refractivity (Wildman–Crippen MR) is 37.3 cm³/mol. The molecule has 0 aromatic carbocycles. The number of hydrogen-bond donors (Lipinski definition) is 0. The van der Waals surface area contributed by atoms with Crippen molar-refractivity contribution in [2.24, 2.45) is 0 Å². The first-order chi connectivity index (χ1) is 4.75. The fourth-order valence-corrected chi connectivity index (χ4v) is 0.814. The van der Waals surface area contributed by atoms with Gasteiger partial charge in [0.25, 0.3) is 0 Å². The minimum absolute atomic E-state index is 0.268. The number of nitrogens with zero attached hydrogens (tertiary/aromatic N) is 3. The highest BCUT2D eigenvalue weighted by Gasteiger charge is 2.02. The first kappa shape index (κ1) is 6.81. The van der Waals surface area contributed by atoms with E-state index in [1.807, 2.05) is 13.8 Å². The standard InChI is InChI=1S/C7H9N3/c1-6(2)10-7(5-8)3-4-9-10/h3-4,6H,1-2H3. The average molecular weight is 135 g/mol. The van der Waals surface area contributed by atoms with Crippen LogP contribution >= 0.6 is 0 Å². The summed E-state index contributed by atoms with van der Waals surface area (Å²) in [4.78, 5) is 0. The summed E-state index contributed by atoms with van der Waals surface area (Å²) < 4.78 is 1.69. The van der Waals surface area contributed by atoms with Gasteiger partial charge in [-0.25, -0.2) is 0 Å². The van der Waals surface area contributed by atoms with E-state index in [0.29, 0.717) is 5.69 Å². The zero-order valence-corrected chi connectivity index (χ0v) is 6.07. The van der Waals surface area contributed by atoms with Crippen LogP contribution in [0.4, 0.5) is 0 Å². The summed E-state index contributed by atoms with van der Waals surface area (Å²) in [7, 11) is 0. The summed E-state index contributed by atoms with van der Waals surface area (Å²) in [5, 5.41) is 12.5. The van der Waals surface area contributed by atoms with Gasteiger partial charge >= 0.3 is 0 Å². The van der Waals surface area contributed by atoms with Gasteiger partial charge in [0.1, 0.15) is 11.8 Å². The van der Waals surface area contributed by atoms with Crippen molar-refractivity contribution in [3.63, 3.8) is 0 Å². The first-order valence-corrected chi connectivity index (χ1v) is 3.19. The zero-order chi connectivity index (χ0) is 7.56. The molecule has 0 aliphatic carbocycles. The maximum Gasteiger partial charge on any atom is 0.138 e. The van der Waals surface area contributed by atoms with Crippen molar-refractivity contribution in [2.75, 3.05) is 0 Å². The fourth-order valence-electron chi connectivity index (χ4n) is 0.814. The smallest absolute Gasteiger partial charge is 0.138 e. The van der Waals surface area contributed by atoms with Crippen LogP contribution in [-0.2, 0) is 0 Å². The Kier molecular flexibility index (Phi) is 1.72. The SMILES string of the molecule is CC(C)n1nccc1C#N. The van der Waals surface area contributed by atoms with Crippen LogP contribution in [0.3, 0.4) is 0 Å². The highest BCUT2D eigenvalue weighted by molar-refractivity contribution is 5.18. The third-order valence-electron chi connectivity index (χ3n) is 1.27. The molecule has 1 aromatic rings. The van der Waals surface area contributed by atoms with E-state index in [2.05, 4.69) is 11.2 Å². The van der Waals surface area contributed by atoms with Crippen LogP contribution in [0.2, 0.25) is 0 Å². The largest absolute Gasteiger partial charge is 0.252 e. The van der Waals surface area contributed by atoms with Gasteiger partial charge in [-0.15, -0.1) is 0 Å². The van der Waals surface area contributed by atoms with Gasteiger partial charge in [-0.1, -0.05) is 0 Å². The molecule has 0 spiro atoms. The number of rotatable bonds is 1. The van der Waals surface area contributed by atoms with Crippen molar-refractivity contribution in [3.05, 3.63) is 18.0 Å². The van der Waals surface area contributed by atoms with Crippen LogP contribution in [0.5, 0.6) is 0 Å². The van der Waals surface area contributed by atoms with Crippen LogP contribution in [0.15, 0.2) is 12.3 Å². The zero-order valence-electron chi connectivity index (χ0n) is 6.07. The van der Waals surface area contributed by atoms with E-state index >= 15 is 0 Å². The van der Waals surface area contributed by atoms with Gasteiger partial charge < -0.3 is 0 Å². The Labute approximate surface area is 59.9 Å². The van der Waals surface area contributed by atoms with E-state index < -0.39 is 0 Å². The van der Waals surface area contributed by atoms with Gasteiger partial charge in [-0.05, 0) is 19.9 Å². The van der Waals surface area contributed by atoms with Crippen molar-refractivity contribution in [1.29, 1.82) is 5.26 Å². The topological polar surface area (TPSA) is 41.6 Å². The lowest BCUT2D eigenvalue weighted by molar-refractivity contribution is 0.527. The molecule has 0 aliphatic heterocycles. The molecule has 0 bridgehead atoms. The normalized spacial score (nSPS) is 9.80. The highest BCUT2D eigenvalue weighted by atomic mass is 15.3. The number of nitriles is 1. The molecule has 1 aromatic heterocycles. The van der Waals surface area contributed by atoms with Crippen LogP contribution in [0.1, 0.15) is 25.6 Å². The van der Waals surface area contributed by atoms with Crippen molar-refractivity contribution in [1.82, 2.24) is 9.78 Å². The first-order valence-electron chi connectivity index (χ1n) is 3.19. The van der Waals surface area contributed by atoms with Crippen LogP contribution < -0.4 is 0 Å². The molecule has 3 heteroatoms. The summed E-state index contributed by atoms with van der Waals surface area (Å²) in [5.74, 6) is 0. The van der Waals surface area contributed by atoms with E-state index in [1.165, 1.54) is 0 Å². The van der Waals surface area contributed by atoms with Crippen molar-refractivity contribution < 1.29 is 0 Å². The third-order valence-corrected chi connectivity index (χ3v) is 1.27. The van der Waals surface area contributed by atoms with Crippen molar-refractivity contribution in [3.8, 4) is 6.07 Å². The minimum Gasteiger partial charge on any atom is -0.252 e. The maximum atomic E-state index is 8.55. The Morgan fingerprint density at radius 2 is 2.40 bits per heavy atom. The lowest BCUT2D eigenvalue weighted by Gasteiger charge is -2.04. The van der Waals surface area contributed by atoms with Crippen molar-refractivity contribution >= 4 is 0 Å².